The summed E-state index contributed by atoms with van der Waals surface area (Å²) in [7, 11) is 1.95. The van der Waals surface area contributed by atoms with Gasteiger partial charge in [-0.2, -0.15) is 0 Å². The van der Waals surface area contributed by atoms with E-state index in [2.05, 4.69) is 83.8 Å². The van der Waals surface area contributed by atoms with Gasteiger partial charge in [0.1, 0.15) is 5.75 Å². The van der Waals surface area contributed by atoms with Crippen LogP contribution in [0.3, 0.4) is 0 Å². The Labute approximate surface area is 323 Å². The van der Waals surface area contributed by atoms with Crippen molar-refractivity contribution in [2.24, 2.45) is 136 Å². The summed E-state index contributed by atoms with van der Waals surface area (Å²) in [5.74, 6) is 22.1. The van der Waals surface area contributed by atoms with Crippen LogP contribution in [-0.4, -0.2) is 7.11 Å². The van der Waals surface area contributed by atoms with Crippen LogP contribution in [0.5, 0.6) is 5.75 Å². The fourth-order valence-electron chi connectivity index (χ4n) is 23.6. The maximum Gasteiger partial charge on any atom is 0.122 e. The molecular formula is C52H50OS. The van der Waals surface area contributed by atoms with Crippen LogP contribution < -0.4 is 4.74 Å². The second-order valence-electron chi connectivity index (χ2n) is 23.0. The Kier molecular flexibility index (Phi) is 4.18. The van der Waals surface area contributed by atoms with Gasteiger partial charge in [0, 0.05) is 21.6 Å². The number of methoxy groups -OCH3 is 1. The van der Waals surface area contributed by atoms with Gasteiger partial charge >= 0.3 is 0 Å². The highest BCUT2D eigenvalue weighted by Crippen LogP contribution is 2.92. The van der Waals surface area contributed by atoms with E-state index in [-0.39, 0.29) is 10.8 Å². The van der Waals surface area contributed by atoms with Gasteiger partial charge in [-0.15, -0.1) is 11.3 Å². The number of hydrogen-bond acceptors (Lipinski definition) is 2. The highest BCUT2D eigenvalue weighted by molar-refractivity contribution is 7.10. The lowest BCUT2D eigenvalue weighted by atomic mass is 9.42. The van der Waals surface area contributed by atoms with Gasteiger partial charge in [-0.05, 0) is 210 Å². The zero-order valence-electron chi connectivity index (χ0n) is 31.5. The molecule has 270 valence electrons. The van der Waals surface area contributed by atoms with Crippen molar-refractivity contribution in [1.82, 2.24) is 0 Å². The largest absolute Gasteiger partial charge is 0.496 e. The van der Waals surface area contributed by atoms with E-state index in [1.807, 2.05) is 35.0 Å². The van der Waals surface area contributed by atoms with Crippen molar-refractivity contribution in [2.75, 3.05) is 7.11 Å². The first kappa shape index (κ1) is 27.9. The number of hydrogen-bond donors (Lipinski definition) is 0. The molecule has 24 unspecified atom stereocenters. The Morgan fingerprint density at radius 1 is 0.722 bits per heavy atom. The van der Waals surface area contributed by atoms with Crippen LogP contribution in [-0.2, 0) is 11.8 Å². The zero-order valence-corrected chi connectivity index (χ0v) is 32.4. The third kappa shape index (κ3) is 2.38. The predicted octanol–water partition coefficient (Wildman–Crippen LogP) is 10.3. The Morgan fingerprint density at radius 3 is 2.33 bits per heavy atom. The molecule has 1 heterocycles. The smallest absolute Gasteiger partial charge is 0.122 e. The third-order valence-electron chi connectivity index (χ3n) is 22.9. The summed E-state index contributed by atoms with van der Waals surface area (Å²) in [5.41, 5.74) is 14.9. The molecule has 1 nitrogen and oxygen atoms in total. The summed E-state index contributed by atoms with van der Waals surface area (Å²) in [4.78, 5) is 1.71. The first-order valence-corrected chi connectivity index (χ1v) is 23.7. The molecule has 0 amide bonds. The summed E-state index contributed by atoms with van der Waals surface area (Å²) in [6.07, 6.45) is 20.7. The van der Waals surface area contributed by atoms with Crippen LogP contribution in [0.15, 0.2) is 93.5 Å². The fourth-order valence-corrected chi connectivity index (χ4v) is 24.5. The van der Waals surface area contributed by atoms with Crippen molar-refractivity contribution in [2.45, 2.75) is 50.9 Å². The molecule has 0 spiro atoms. The molecule has 0 saturated heterocycles. The Hall–Kier alpha value is -2.58. The average molecular weight is 723 g/mol. The lowest BCUT2D eigenvalue weighted by Gasteiger charge is -2.61. The minimum Gasteiger partial charge on any atom is -0.496 e. The maximum atomic E-state index is 6.36. The normalized spacial score (nSPS) is 61.4. The van der Waals surface area contributed by atoms with E-state index < -0.39 is 0 Å². The number of aryl methyl sites for hydroxylation is 1. The Balaban J connectivity index is 1.03. The Bertz CT molecular complexity index is 2440. The van der Waals surface area contributed by atoms with E-state index >= 15 is 0 Å². The van der Waals surface area contributed by atoms with Gasteiger partial charge in [0.05, 0.1) is 7.11 Å². The second-order valence-corrected chi connectivity index (χ2v) is 24.0. The number of allylic oxidation sites excluding steroid dienone is 10. The molecule has 1 aromatic carbocycles. The number of thiophene rings is 1. The van der Waals surface area contributed by atoms with Crippen molar-refractivity contribution in [3.05, 3.63) is 109 Å². The van der Waals surface area contributed by atoms with Crippen molar-refractivity contribution in [3.8, 4) is 5.75 Å². The third-order valence-corrected chi connectivity index (χ3v) is 23.9. The maximum absolute atomic E-state index is 6.36. The van der Waals surface area contributed by atoms with E-state index in [4.69, 9.17) is 4.74 Å². The van der Waals surface area contributed by atoms with E-state index in [1.54, 1.807) is 17.7 Å². The van der Waals surface area contributed by atoms with Gasteiger partial charge in [-0.3, -0.25) is 0 Å². The van der Waals surface area contributed by atoms with Crippen LogP contribution in [0, 0.1) is 143 Å². The summed E-state index contributed by atoms with van der Waals surface area (Å²) < 4.78 is 6.36. The van der Waals surface area contributed by atoms with E-state index in [0.29, 0.717) is 5.92 Å². The average Bonchev–Trinajstić information content (AvgIpc) is 4.02. The molecular weight excluding hydrogens is 673 g/mol. The van der Waals surface area contributed by atoms with Gasteiger partial charge in [-0.25, -0.2) is 0 Å². The van der Waals surface area contributed by atoms with Crippen molar-refractivity contribution in [1.29, 1.82) is 0 Å². The predicted molar refractivity (Wildman–Crippen MR) is 209 cm³/mol. The monoisotopic (exact) mass is 722 g/mol. The minimum absolute atomic E-state index is 0.0942. The van der Waals surface area contributed by atoms with Gasteiger partial charge in [0.15, 0.2) is 0 Å². The molecule has 0 aliphatic heterocycles. The SMILES string of the molecule is COc1cc(C)ccc1CC12C3=CC4(c5cccs5)C=C5CC6CC7CC8CC9=CC%10C=C(C3)C1=C1C%10C3C9C8C8C7C7C6C5C5C6C7C8C3C1C6C2C54. The molecule has 11 fully saturated rings. The molecule has 16 aliphatic rings. The van der Waals surface area contributed by atoms with Crippen LogP contribution in [0.2, 0.25) is 0 Å². The van der Waals surface area contributed by atoms with Crippen molar-refractivity contribution in [3.63, 3.8) is 0 Å². The summed E-state index contributed by atoms with van der Waals surface area (Å²) in [6, 6.07) is 12.3. The van der Waals surface area contributed by atoms with Crippen LogP contribution in [0.25, 0.3) is 0 Å². The van der Waals surface area contributed by atoms with Crippen LogP contribution in [0.1, 0.15) is 48.1 Å². The number of ether oxygens (including phenoxy) is 1. The summed E-state index contributed by atoms with van der Waals surface area (Å²) in [6.45, 7) is 2.26. The molecule has 16 aliphatic carbocycles. The van der Waals surface area contributed by atoms with Gasteiger partial charge in [0.25, 0.3) is 0 Å². The van der Waals surface area contributed by atoms with Crippen molar-refractivity contribution < 1.29 is 4.74 Å². The van der Waals surface area contributed by atoms with Crippen LogP contribution >= 0.6 is 11.3 Å². The molecule has 11 saturated carbocycles. The second kappa shape index (κ2) is 8.08. The first-order chi connectivity index (χ1) is 26.6. The zero-order chi connectivity index (χ0) is 34.2. The van der Waals surface area contributed by atoms with E-state index in [1.165, 1.54) is 36.8 Å². The molecule has 0 bridgehead atoms. The summed E-state index contributed by atoms with van der Waals surface area (Å²) in [5, 5.41) is 2.44. The number of benzene rings is 1. The quantitative estimate of drug-likeness (QED) is 0.286. The molecule has 2 heteroatoms. The lowest BCUT2D eigenvalue weighted by Crippen LogP contribution is -2.58. The van der Waals surface area contributed by atoms with Gasteiger partial charge in [0.2, 0.25) is 0 Å². The molecule has 18 rings (SSSR count). The number of rotatable bonds is 4. The lowest BCUT2D eigenvalue weighted by molar-refractivity contribution is -0.123. The van der Waals surface area contributed by atoms with E-state index in [9.17, 15) is 0 Å². The Morgan fingerprint density at radius 2 is 1.50 bits per heavy atom. The molecule has 24 atom stereocenters. The first-order valence-electron chi connectivity index (χ1n) is 22.9. The topological polar surface area (TPSA) is 9.23 Å². The molecule has 0 radical (unpaired) electrons. The fraction of sp³-hybridized carbons (Fsp3) is 0.615. The van der Waals surface area contributed by atoms with Crippen molar-refractivity contribution >= 4 is 11.3 Å². The van der Waals surface area contributed by atoms with E-state index in [0.717, 1.165) is 130 Å². The highest BCUT2D eigenvalue weighted by atomic mass is 32.1. The minimum atomic E-state index is 0.0942. The summed E-state index contributed by atoms with van der Waals surface area (Å²) >= 11 is 2.12. The standard InChI is InChI=1S/C52H50OS/c1-19-5-6-20(29(8-19)53-2)17-52-28-15-26-13-24-11-22-9-21-10-23-12-25-14-27-16-51(18-28,30-4-3-7-54-30)49-46-36(27)33(25)38-34(23)37-31(21)32(22)39-35(24)45(48(26)52)43-42(39)40(37)41(38)44(46)47(43)50(49)52/h3-8,11,13,16,18,21,23-25,31-44,46-47,49-50H,9-10,12,14-15,17H2,1-2H3. The molecule has 0 N–H and O–H groups in total. The molecule has 2 aromatic rings. The van der Waals surface area contributed by atoms with Crippen LogP contribution in [0.4, 0.5) is 0 Å². The molecule has 1 aromatic heterocycles. The van der Waals surface area contributed by atoms with Gasteiger partial charge < -0.3 is 4.74 Å². The molecule has 54 heavy (non-hydrogen) atoms. The van der Waals surface area contributed by atoms with Gasteiger partial charge in [-0.1, -0.05) is 64.8 Å². The highest BCUT2D eigenvalue weighted by Gasteiger charge is 2.87.